The van der Waals surface area contributed by atoms with Crippen LogP contribution >= 0.6 is 0 Å². The summed E-state index contributed by atoms with van der Waals surface area (Å²) in [6.07, 6.45) is 2.86. The van der Waals surface area contributed by atoms with Gasteiger partial charge in [0.05, 0.1) is 17.6 Å². The van der Waals surface area contributed by atoms with Crippen molar-refractivity contribution in [2.24, 2.45) is 29.1 Å². The zero-order valence-electron chi connectivity index (χ0n) is 23.6. The van der Waals surface area contributed by atoms with E-state index in [0.29, 0.717) is 24.2 Å². The lowest BCUT2D eigenvalue weighted by atomic mass is 9.45. The maximum Gasteiger partial charge on any atom is 0.481 e. The Labute approximate surface area is 222 Å². The van der Waals surface area contributed by atoms with Crippen molar-refractivity contribution in [1.29, 1.82) is 0 Å². The highest BCUT2D eigenvalue weighted by Gasteiger charge is 2.67. The molecule has 204 valence electrons. The number of carbonyl (C=O) groups excluding carboxylic acids is 2. The van der Waals surface area contributed by atoms with Gasteiger partial charge in [0.25, 0.3) is 0 Å². The van der Waals surface area contributed by atoms with Crippen LogP contribution in [-0.4, -0.2) is 42.8 Å². The average Bonchev–Trinajstić information content (AvgIpc) is 3.19. The van der Waals surface area contributed by atoms with Crippen LogP contribution in [0.15, 0.2) is 30.3 Å². The van der Waals surface area contributed by atoms with E-state index in [0.717, 1.165) is 18.4 Å². The van der Waals surface area contributed by atoms with Gasteiger partial charge in [0, 0.05) is 0 Å². The third-order valence-electron chi connectivity index (χ3n) is 8.74. The monoisotopic (exact) mass is 512 g/mol. The fourth-order valence-electron chi connectivity index (χ4n) is 6.56. The fourth-order valence-corrected chi connectivity index (χ4v) is 6.56. The quantitative estimate of drug-likeness (QED) is 0.425. The Morgan fingerprint density at radius 3 is 2.35 bits per heavy atom. The van der Waals surface area contributed by atoms with Crippen LogP contribution < -0.4 is 10.6 Å². The fraction of sp³-hybridized carbons (Fsp3) is 0.724. The molecule has 1 aromatic rings. The van der Waals surface area contributed by atoms with Crippen molar-refractivity contribution in [3.63, 3.8) is 0 Å². The summed E-state index contributed by atoms with van der Waals surface area (Å²) in [7, 11) is -0.499. The first-order chi connectivity index (χ1) is 17.4. The normalized spacial score (nSPS) is 29.3. The molecule has 1 saturated heterocycles. The van der Waals surface area contributed by atoms with Gasteiger partial charge in [0.1, 0.15) is 12.6 Å². The van der Waals surface area contributed by atoms with E-state index >= 15 is 0 Å². The van der Waals surface area contributed by atoms with Gasteiger partial charge in [-0.25, -0.2) is 4.79 Å². The summed E-state index contributed by atoms with van der Waals surface area (Å²) in [6, 6.07) is 8.80. The highest BCUT2D eigenvalue weighted by Crippen LogP contribution is 2.64. The third kappa shape index (κ3) is 6.17. The summed E-state index contributed by atoms with van der Waals surface area (Å²) in [5.74, 6) is 1.15. The lowest BCUT2D eigenvalue weighted by Gasteiger charge is -2.63. The van der Waals surface area contributed by atoms with E-state index in [-0.39, 0.29) is 41.5 Å². The van der Waals surface area contributed by atoms with Crippen LogP contribution in [0, 0.1) is 29.1 Å². The number of ether oxygens (including phenoxy) is 1. The van der Waals surface area contributed by atoms with Gasteiger partial charge in [-0.3, -0.25) is 4.79 Å². The van der Waals surface area contributed by atoms with Crippen LogP contribution in [0.2, 0.25) is 0 Å². The number of alkyl carbamates (subject to hydrolysis) is 1. The molecule has 6 atom stereocenters. The number of hydrogen-bond donors (Lipinski definition) is 2. The summed E-state index contributed by atoms with van der Waals surface area (Å²) in [4.78, 5) is 26.1. The van der Waals surface area contributed by atoms with E-state index in [2.05, 4.69) is 45.3 Å². The predicted molar refractivity (Wildman–Crippen MR) is 145 cm³/mol. The summed E-state index contributed by atoms with van der Waals surface area (Å²) in [6.45, 7) is 15.3. The Morgan fingerprint density at radius 1 is 1.05 bits per heavy atom. The van der Waals surface area contributed by atoms with Gasteiger partial charge in [-0.15, -0.1) is 0 Å². The predicted octanol–water partition coefficient (Wildman–Crippen LogP) is 5.13. The second-order valence-corrected chi connectivity index (χ2v) is 13.1. The Balaban J connectivity index is 1.41. The average molecular weight is 513 g/mol. The van der Waals surface area contributed by atoms with Crippen LogP contribution in [0.3, 0.4) is 0 Å². The molecule has 2 amide bonds. The topological polar surface area (TPSA) is 85.9 Å². The molecule has 2 bridgehead atoms. The van der Waals surface area contributed by atoms with Crippen molar-refractivity contribution in [3.8, 4) is 0 Å². The SMILES string of the molecule is CC(C)C[C@H](NC(=O)[C@H](CC(C)C)NC(=O)OCc1ccccc1)B1O[C@@H]2[C@H]3C[C@@H](C[C@]2(C)O1)C3(C)C. The van der Waals surface area contributed by atoms with Crippen molar-refractivity contribution >= 4 is 19.1 Å². The number of amides is 2. The first-order valence-corrected chi connectivity index (χ1v) is 14.0. The summed E-state index contributed by atoms with van der Waals surface area (Å²) < 4.78 is 18.6. The molecule has 7 nitrogen and oxygen atoms in total. The van der Waals surface area contributed by atoms with Crippen molar-refractivity contribution < 1.29 is 23.6 Å². The van der Waals surface area contributed by atoms with E-state index in [1.54, 1.807) is 0 Å². The maximum absolute atomic E-state index is 13.5. The molecule has 8 heteroatoms. The van der Waals surface area contributed by atoms with Crippen LogP contribution in [-0.2, 0) is 25.4 Å². The first kappa shape index (κ1) is 28.0. The van der Waals surface area contributed by atoms with Crippen molar-refractivity contribution in [2.75, 3.05) is 0 Å². The summed E-state index contributed by atoms with van der Waals surface area (Å²) in [5.41, 5.74) is 0.849. The van der Waals surface area contributed by atoms with Crippen molar-refractivity contribution in [2.45, 2.75) is 104 Å². The van der Waals surface area contributed by atoms with Gasteiger partial charge >= 0.3 is 13.2 Å². The number of benzene rings is 1. The van der Waals surface area contributed by atoms with Crippen molar-refractivity contribution in [3.05, 3.63) is 35.9 Å². The molecule has 5 rings (SSSR count). The molecule has 1 aromatic carbocycles. The zero-order chi connectivity index (χ0) is 27.0. The molecule has 0 unspecified atom stereocenters. The Morgan fingerprint density at radius 2 is 1.73 bits per heavy atom. The van der Waals surface area contributed by atoms with Crippen LogP contribution in [0.4, 0.5) is 4.79 Å². The van der Waals surface area contributed by atoms with Crippen LogP contribution in [0.25, 0.3) is 0 Å². The number of nitrogens with one attached hydrogen (secondary N) is 2. The van der Waals surface area contributed by atoms with Crippen molar-refractivity contribution in [1.82, 2.24) is 10.6 Å². The third-order valence-corrected chi connectivity index (χ3v) is 8.74. The van der Waals surface area contributed by atoms with E-state index in [1.165, 1.54) is 6.42 Å². The lowest BCUT2D eigenvalue weighted by molar-refractivity contribution is -0.185. The smallest absolute Gasteiger partial charge is 0.445 e. The molecule has 3 aliphatic carbocycles. The second kappa shape index (κ2) is 11.0. The molecule has 0 spiro atoms. The first-order valence-electron chi connectivity index (χ1n) is 14.0. The Bertz CT molecular complexity index is 955. The van der Waals surface area contributed by atoms with E-state index in [4.69, 9.17) is 14.0 Å². The number of rotatable bonds is 10. The minimum atomic E-state index is -0.705. The zero-order valence-corrected chi connectivity index (χ0v) is 23.6. The van der Waals surface area contributed by atoms with E-state index in [9.17, 15) is 9.59 Å². The molecular weight excluding hydrogens is 467 g/mol. The minimum Gasteiger partial charge on any atom is -0.445 e. The Hall–Kier alpha value is -2.06. The maximum atomic E-state index is 13.5. The summed E-state index contributed by atoms with van der Waals surface area (Å²) >= 11 is 0. The van der Waals surface area contributed by atoms with Gasteiger partial charge < -0.3 is 24.7 Å². The second-order valence-electron chi connectivity index (χ2n) is 13.1. The minimum absolute atomic E-state index is 0.0432. The highest BCUT2D eigenvalue weighted by molar-refractivity contribution is 6.47. The number of carbonyl (C=O) groups is 2. The lowest BCUT2D eigenvalue weighted by Crippen LogP contribution is -2.63. The standard InChI is InChI=1S/C29H45BN2O5/c1-18(2)13-23(31-27(34)35-17-20-11-9-8-10-12-20)26(33)32-24(14-19(3)4)30-36-25-22-15-21(28(22,5)6)16-29(25,7)37-30/h8-12,18-19,21-25H,13-17H2,1-7H3,(H,31,34)(H,32,33)/t21-,22+,23-,24-,25+,29-/m0/s1. The van der Waals surface area contributed by atoms with Gasteiger partial charge in [0.15, 0.2) is 0 Å². The van der Waals surface area contributed by atoms with Gasteiger partial charge in [-0.1, -0.05) is 71.9 Å². The van der Waals surface area contributed by atoms with Gasteiger partial charge in [0.2, 0.25) is 5.91 Å². The largest absolute Gasteiger partial charge is 0.481 e. The molecule has 2 N–H and O–H groups in total. The number of hydrogen-bond acceptors (Lipinski definition) is 5. The molecule has 1 heterocycles. The molecule has 3 saturated carbocycles. The molecule has 4 fully saturated rings. The van der Waals surface area contributed by atoms with Gasteiger partial charge in [-0.05, 0) is 67.3 Å². The van der Waals surface area contributed by atoms with Crippen LogP contribution in [0.1, 0.15) is 79.7 Å². The molecular formula is C29H45BN2O5. The molecule has 1 aliphatic heterocycles. The molecule has 0 radical (unpaired) electrons. The highest BCUT2D eigenvalue weighted by atomic mass is 16.7. The Kier molecular flexibility index (Phi) is 8.29. The molecule has 0 aromatic heterocycles. The van der Waals surface area contributed by atoms with E-state index < -0.39 is 19.3 Å². The van der Waals surface area contributed by atoms with Gasteiger partial charge in [-0.2, -0.15) is 0 Å². The van der Waals surface area contributed by atoms with E-state index in [1.807, 2.05) is 44.2 Å². The molecule has 37 heavy (non-hydrogen) atoms. The molecule has 4 aliphatic rings. The summed E-state index contributed by atoms with van der Waals surface area (Å²) in [5, 5.41) is 5.99. The van der Waals surface area contributed by atoms with Crippen LogP contribution in [0.5, 0.6) is 0 Å².